The number of carbonyl (C=O) groups is 1. The van der Waals surface area contributed by atoms with E-state index in [2.05, 4.69) is 21.0 Å². The highest BCUT2D eigenvalue weighted by Crippen LogP contribution is 2.14. The van der Waals surface area contributed by atoms with E-state index in [4.69, 9.17) is 11.6 Å². The Balaban J connectivity index is 1.76. The van der Waals surface area contributed by atoms with Crippen molar-refractivity contribution in [2.75, 3.05) is 5.43 Å². The van der Waals surface area contributed by atoms with Gasteiger partial charge in [-0.05, 0) is 37.3 Å². The summed E-state index contributed by atoms with van der Waals surface area (Å²) < 4.78 is 0. The fraction of sp³-hybridized carbons (Fsp3) is 0.0625. The SMILES string of the molecule is Cc1nn(-c2cccc(Cl)c2)nc1C(=O)NNc1ccccc1. The van der Waals surface area contributed by atoms with E-state index in [9.17, 15) is 4.79 Å². The standard InChI is InChI=1S/C16H14ClN5O/c1-11-15(16(23)19-18-13-7-3-2-4-8-13)21-22(20-11)14-9-5-6-12(17)10-14/h2-10,18H,1H3,(H,19,23). The molecule has 6 nitrogen and oxygen atoms in total. The molecule has 0 spiro atoms. The highest BCUT2D eigenvalue weighted by Gasteiger charge is 2.16. The van der Waals surface area contributed by atoms with E-state index in [0.717, 1.165) is 5.69 Å². The van der Waals surface area contributed by atoms with Gasteiger partial charge in [0.15, 0.2) is 5.69 Å². The third-order valence-electron chi connectivity index (χ3n) is 3.13. The van der Waals surface area contributed by atoms with Crippen LogP contribution in [0.15, 0.2) is 54.6 Å². The molecule has 0 unspecified atom stereocenters. The van der Waals surface area contributed by atoms with Crippen molar-refractivity contribution in [1.29, 1.82) is 0 Å². The average molecular weight is 328 g/mol. The predicted molar refractivity (Wildman–Crippen MR) is 88.6 cm³/mol. The van der Waals surface area contributed by atoms with E-state index >= 15 is 0 Å². The number of rotatable bonds is 4. The second-order valence-electron chi connectivity index (χ2n) is 4.85. The second kappa shape index (κ2) is 6.50. The van der Waals surface area contributed by atoms with Crippen LogP contribution in [0.3, 0.4) is 0 Å². The van der Waals surface area contributed by atoms with Crippen LogP contribution in [0.25, 0.3) is 5.69 Å². The van der Waals surface area contributed by atoms with Crippen molar-refractivity contribution < 1.29 is 4.79 Å². The van der Waals surface area contributed by atoms with E-state index in [0.29, 0.717) is 16.4 Å². The van der Waals surface area contributed by atoms with Crippen molar-refractivity contribution in [1.82, 2.24) is 20.4 Å². The fourth-order valence-electron chi connectivity index (χ4n) is 2.01. The summed E-state index contributed by atoms with van der Waals surface area (Å²) in [7, 11) is 0. The lowest BCUT2D eigenvalue weighted by Gasteiger charge is -2.06. The van der Waals surface area contributed by atoms with Crippen molar-refractivity contribution in [3.63, 3.8) is 0 Å². The van der Waals surface area contributed by atoms with Crippen LogP contribution < -0.4 is 10.9 Å². The van der Waals surface area contributed by atoms with E-state index < -0.39 is 0 Å². The first-order valence-electron chi connectivity index (χ1n) is 6.95. The lowest BCUT2D eigenvalue weighted by molar-refractivity contribution is 0.0956. The molecule has 2 N–H and O–H groups in total. The zero-order valence-electron chi connectivity index (χ0n) is 12.3. The minimum absolute atomic E-state index is 0.244. The molecule has 0 fully saturated rings. The Hall–Kier alpha value is -2.86. The molecule has 0 atom stereocenters. The number of carbonyl (C=O) groups excluding carboxylic acids is 1. The molecular formula is C16H14ClN5O. The van der Waals surface area contributed by atoms with Crippen LogP contribution in [0, 0.1) is 6.92 Å². The van der Waals surface area contributed by atoms with Gasteiger partial charge in [0, 0.05) is 5.02 Å². The maximum Gasteiger partial charge on any atom is 0.292 e. The first-order chi connectivity index (χ1) is 11.1. The van der Waals surface area contributed by atoms with Gasteiger partial charge in [-0.3, -0.25) is 15.6 Å². The number of hydrazine groups is 1. The topological polar surface area (TPSA) is 71.8 Å². The zero-order chi connectivity index (χ0) is 16.2. The molecule has 0 saturated carbocycles. The number of para-hydroxylation sites is 1. The van der Waals surface area contributed by atoms with Crippen molar-refractivity contribution >= 4 is 23.2 Å². The smallest absolute Gasteiger partial charge is 0.292 e. The van der Waals surface area contributed by atoms with Gasteiger partial charge in [0.1, 0.15) is 0 Å². The number of anilines is 1. The van der Waals surface area contributed by atoms with Gasteiger partial charge in [-0.2, -0.15) is 9.90 Å². The van der Waals surface area contributed by atoms with Gasteiger partial charge in [-0.25, -0.2) is 0 Å². The Bertz CT molecular complexity index is 831. The van der Waals surface area contributed by atoms with Gasteiger partial charge in [0.25, 0.3) is 5.91 Å². The first kappa shape index (κ1) is 15.1. The number of amides is 1. The van der Waals surface area contributed by atoms with Crippen molar-refractivity contribution in [3.05, 3.63) is 71.0 Å². The maximum absolute atomic E-state index is 12.2. The highest BCUT2D eigenvalue weighted by atomic mass is 35.5. The van der Waals surface area contributed by atoms with E-state index in [1.165, 1.54) is 4.80 Å². The lowest BCUT2D eigenvalue weighted by atomic mass is 10.3. The van der Waals surface area contributed by atoms with Crippen LogP contribution in [0.5, 0.6) is 0 Å². The van der Waals surface area contributed by atoms with Gasteiger partial charge in [-0.15, -0.1) is 5.10 Å². The Labute approximate surface area is 138 Å². The number of benzene rings is 2. The summed E-state index contributed by atoms with van der Waals surface area (Å²) in [5.41, 5.74) is 7.67. The highest BCUT2D eigenvalue weighted by molar-refractivity contribution is 6.30. The third kappa shape index (κ3) is 3.49. The summed E-state index contributed by atoms with van der Waals surface area (Å²) in [6, 6.07) is 16.4. The molecule has 0 aliphatic carbocycles. The molecule has 116 valence electrons. The van der Waals surface area contributed by atoms with Gasteiger partial charge in [-0.1, -0.05) is 35.9 Å². The number of nitrogens with one attached hydrogen (secondary N) is 2. The minimum atomic E-state index is -0.361. The van der Waals surface area contributed by atoms with Crippen LogP contribution in [0.4, 0.5) is 5.69 Å². The Morgan fingerprint density at radius 1 is 1.09 bits per heavy atom. The largest absolute Gasteiger partial charge is 0.298 e. The molecule has 7 heteroatoms. The summed E-state index contributed by atoms with van der Waals surface area (Å²) in [4.78, 5) is 13.6. The summed E-state index contributed by atoms with van der Waals surface area (Å²) in [5, 5.41) is 9.06. The summed E-state index contributed by atoms with van der Waals surface area (Å²) in [6.45, 7) is 1.73. The number of halogens is 1. The molecule has 0 radical (unpaired) electrons. The van der Waals surface area contributed by atoms with Crippen molar-refractivity contribution in [3.8, 4) is 5.69 Å². The van der Waals surface area contributed by atoms with Crippen LogP contribution in [0.2, 0.25) is 5.02 Å². The van der Waals surface area contributed by atoms with Crippen LogP contribution in [0.1, 0.15) is 16.2 Å². The molecule has 2 aromatic carbocycles. The average Bonchev–Trinajstić information content (AvgIpc) is 2.96. The number of hydrogen-bond donors (Lipinski definition) is 2. The molecule has 23 heavy (non-hydrogen) atoms. The number of hydrogen-bond acceptors (Lipinski definition) is 4. The predicted octanol–water partition coefficient (Wildman–Crippen LogP) is 2.99. The maximum atomic E-state index is 12.2. The monoisotopic (exact) mass is 327 g/mol. The minimum Gasteiger partial charge on any atom is -0.298 e. The summed E-state index contributed by atoms with van der Waals surface area (Å²) in [5.74, 6) is -0.361. The number of aryl methyl sites for hydroxylation is 1. The molecule has 1 amide bonds. The Morgan fingerprint density at radius 2 is 1.87 bits per heavy atom. The van der Waals surface area contributed by atoms with Gasteiger partial charge in [0.05, 0.1) is 17.1 Å². The molecular weight excluding hydrogens is 314 g/mol. The molecule has 1 heterocycles. The van der Waals surface area contributed by atoms with E-state index in [1.807, 2.05) is 36.4 Å². The van der Waals surface area contributed by atoms with Crippen LogP contribution >= 0.6 is 11.6 Å². The molecule has 0 saturated heterocycles. The summed E-state index contributed by atoms with van der Waals surface area (Å²) in [6.07, 6.45) is 0. The van der Waals surface area contributed by atoms with Crippen molar-refractivity contribution in [2.45, 2.75) is 6.92 Å². The summed E-state index contributed by atoms with van der Waals surface area (Å²) >= 11 is 5.96. The van der Waals surface area contributed by atoms with E-state index in [1.54, 1.807) is 25.1 Å². The Kier molecular flexibility index (Phi) is 4.25. The molecule has 1 aromatic heterocycles. The molecule has 3 aromatic rings. The molecule has 0 aliphatic heterocycles. The number of aromatic nitrogens is 3. The van der Waals surface area contributed by atoms with Crippen molar-refractivity contribution in [2.24, 2.45) is 0 Å². The van der Waals surface area contributed by atoms with Gasteiger partial charge < -0.3 is 0 Å². The van der Waals surface area contributed by atoms with Gasteiger partial charge >= 0.3 is 0 Å². The second-order valence-corrected chi connectivity index (χ2v) is 5.28. The van der Waals surface area contributed by atoms with Gasteiger partial charge in [0.2, 0.25) is 0 Å². The molecule has 0 aliphatic rings. The van der Waals surface area contributed by atoms with E-state index in [-0.39, 0.29) is 11.6 Å². The molecule has 3 rings (SSSR count). The lowest BCUT2D eigenvalue weighted by Crippen LogP contribution is -2.30. The van der Waals surface area contributed by atoms with Crippen LogP contribution in [-0.4, -0.2) is 20.9 Å². The Morgan fingerprint density at radius 3 is 2.61 bits per heavy atom. The third-order valence-corrected chi connectivity index (χ3v) is 3.37. The van der Waals surface area contributed by atoms with Crippen LogP contribution in [-0.2, 0) is 0 Å². The fourth-order valence-corrected chi connectivity index (χ4v) is 2.20. The molecule has 0 bridgehead atoms. The zero-order valence-corrected chi connectivity index (χ0v) is 13.1. The normalized spacial score (nSPS) is 10.3. The quantitative estimate of drug-likeness (QED) is 0.723. The first-order valence-corrected chi connectivity index (χ1v) is 7.32. The number of nitrogens with zero attached hydrogens (tertiary/aromatic N) is 3.